The molecule has 2 N–H and O–H groups in total. The number of thiophene rings is 1. The topological polar surface area (TPSA) is 88.9 Å². The molecule has 4 aromatic rings. The Kier molecular flexibility index (Phi) is 6.55. The van der Waals surface area contributed by atoms with Crippen LogP contribution in [0.2, 0.25) is 0 Å². The summed E-state index contributed by atoms with van der Waals surface area (Å²) in [7, 11) is 0. The molecule has 4 rings (SSSR count). The molecular formula is C25H27N5O2S. The summed E-state index contributed by atoms with van der Waals surface area (Å²) >= 11 is 1.58. The molecule has 0 aliphatic carbocycles. The van der Waals surface area contributed by atoms with Crippen LogP contribution in [0.5, 0.6) is 0 Å². The number of fused-ring (bicyclic) bond motifs is 1. The first-order valence-electron chi connectivity index (χ1n) is 10.9. The molecule has 0 radical (unpaired) electrons. The summed E-state index contributed by atoms with van der Waals surface area (Å²) in [4.78, 5) is 31.1. The molecule has 2 amide bonds. The van der Waals surface area contributed by atoms with Gasteiger partial charge in [0.15, 0.2) is 5.65 Å². The molecule has 1 aromatic carbocycles. The van der Waals surface area contributed by atoms with Gasteiger partial charge in [-0.1, -0.05) is 18.2 Å². The third-order valence-electron chi connectivity index (χ3n) is 5.10. The second-order valence-corrected chi connectivity index (χ2v) is 9.45. The molecule has 0 fully saturated rings. The summed E-state index contributed by atoms with van der Waals surface area (Å²) in [5.41, 5.74) is 3.50. The van der Waals surface area contributed by atoms with Crippen molar-refractivity contribution in [3.8, 4) is 10.6 Å². The number of amides is 2. The molecule has 0 aliphatic rings. The van der Waals surface area contributed by atoms with Gasteiger partial charge >= 0.3 is 0 Å². The van der Waals surface area contributed by atoms with Crippen molar-refractivity contribution in [1.29, 1.82) is 0 Å². The lowest BCUT2D eigenvalue weighted by atomic mass is 10.1. The standard InChI is InChI=1S/C25H27N5O2S/c1-15(2)27-23(31)12-17-7-9-18(10-8-17)28-25(32)19-13-21(22-6-5-11-33-22)29-24-20(19)14-26-30(24)16(3)4/h5-11,13-16H,12H2,1-4H3,(H,27,31)(H,28,32). The lowest BCUT2D eigenvalue weighted by Gasteiger charge is -2.11. The Balaban J connectivity index is 1.61. The molecule has 7 nitrogen and oxygen atoms in total. The van der Waals surface area contributed by atoms with Crippen molar-refractivity contribution in [2.45, 2.75) is 46.2 Å². The third kappa shape index (κ3) is 5.12. The number of carbonyl (C=O) groups is 2. The molecule has 3 heterocycles. The van der Waals surface area contributed by atoms with Crippen molar-refractivity contribution in [1.82, 2.24) is 20.1 Å². The van der Waals surface area contributed by atoms with Gasteiger partial charge in [0.1, 0.15) is 0 Å². The van der Waals surface area contributed by atoms with Crippen molar-refractivity contribution in [3.63, 3.8) is 0 Å². The molecular weight excluding hydrogens is 434 g/mol. The number of aromatic nitrogens is 3. The highest BCUT2D eigenvalue weighted by Gasteiger charge is 2.19. The minimum atomic E-state index is -0.228. The number of benzene rings is 1. The number of rotatable bonds is 7. The quantitative estimate of drug-likeness (QED) is 0.403. The van der Waals surface area contributed by atoms with E-state index in [9.17, 15) is 9.59 Å². The number of carbonyl (C=O) groups excluding carboxylic acids is 2. The maximum absolute atomic E-state index is 13.3. The Bertz CT molecular complexity index is 1270. The summed E-state index contributed by atoms with van der Waals surface area (Å²) < 4.78 is 1.83. The molecule has 0 unspecified atom stereocenters. The van der Waals surface area contributed by atoms with Gasteiger partial charge < -0.3 is 10.6 Å². The zero-order chi connectivity index (χ0) is 23.5. The van der Waals surface area contributed by atoms with Crippen LogP contribution in [0.3, 0.4) is 0 Å². The molecule has 0 spiro atoms. The van der Waals surface area contributed by atoms with Gasteiger partial charge in [-0.15, -0.1) is 11.3 Å². The van der Waals surface area contributed by atoms with Gasteiger partial charge in [-0.25, -0.2) is 9.67 Å². The Morgan fingerprint density at radius 2 is 1.85 bits per heavy atom. The molecule has 8 heteroatoms. The van der Waals surface area contributed by atoms with Crippen LogP contribution in [0, 0.1) is 0 Å². The van der Waals surface area contributed by atoms with Crippen molar-refractivity contribution < 1.29 is 9.59 Å². The molecule has 3 aromatic heterocycles. The van der Waals surface area contributed by atoms with Gasteiger partial charge in [0.2, 0.25) is 5.91 Å². The highest BCUT2D eigenvalue weighted by molar-refractivity contribution is 7.13. The summed E-state index contributed by atoms with van der Waals surface area (Å²) in [6, 6.07) is 13.3. The maximum atomic E-state index is 13.3. The van der Waals surface area contributed by atoms with E-state index in [1.165, 1.54) is 0 Å². The SMILES string of the molecule is CC(C)NC(=O)Cc1ccc(NC(=O)c2cc(-c3cccs3)nc3c2cnn3C(C)C)cc1. The number of pyridine rings is 1. The minimum Gasteiger partial charge on any atom is -0.354 e. The van der Waals surface area contributed by atoms with Crippen LogP contribution in [0.1, 0.15) is 49.7 Å². The van der Waals surface area contributed by atoms with Crippen molar-refractivity contribution in [3.05, 3.63) is 65.2 Å². The van der Waals surface area contributed by atoms with Gasteiger partial charge in [-0.2, -0.15) is 5.10 Å². The van der Waals surface area contributed by atoms with Crippen molar-refractivity contribution in [2.75, 3.05) is 5.32 Å². The van der Waals surface area contributed by atoms with E-state index in [-0.39, 0.29) is 23.9 Å². The summed E-state index contributed by atoms with van der Waals surface area (Å²) in [5.74, 6) is -0.252. The summed E-state index contributed by atoms with van der Waals surface area (Å²) in [6.07, 6.45) is 2.00. The highest BCUT2D eigenvalue weighted by Crippen LogP contribution is 2.29. The average molecular weight is 462 g/mol. The van der Waals surface area contributed by atoms with Crippen LogP contribution in [0.4, 0.5) is 5.69 Å². The Morgan fingerprint density at radius 1 is 1.09 bits per heavy atom. The fraction of sp³-hybridized carbons (Fsp3) is 0.280. The van der Waals surface area contributed by atoms with E-state index in [2.05, 4.69) is 15.7 Å². The summed E-state index contributed by atoms with van der Waals surface area (Å²) in [6.45, 7) is 7.94. The molecule has 170 valence electrons. The van der Waals surface area contributed by atoms with Gasteiger partial charge in [0.25, 0.3) is 5.91 Å². The van der Waals surface area contributed by atoms with Gasteiger partial charge in [0, 0.05) is 17.8 Å². The van der Waals surface area contributed by atoms with Crippen molar-refractivity contribution >= 4 is 39.9 Å². The molecule has 33 heavy (non-hydrogen) atoms. The average Bonchev–Trinajstić information content (AvgIpc) is 3.43. The third-order valence-corrected chi connectivity index (χ3v) is 5.99. The predicted octanol–water partition coefficient (Wildman–Crippen LogP) is 5.06. The summed E-state index contributed by atoms with van der Waals surface area (Å²) in [5, 5.41) is 13.0. The van der Waals surface area contributed by atoms with E-state index in [0.717, 1.165) is 16.1 Å². The van der Waals surface area contributed by atoms with E-state index >= 15 is 0 Å². The Hall–Kier alpha value is -3.52. The van der Waals surface area contributed by atoms with Gasteiger partial charge in [-0.05, 0) is 62.9 Å². The lowest BCUT2D eigenvalue weighted by molar-refractivity contribution is -0.120. The normalized spacial score (nSPS) is 11.3. The molecule has 0 aliphatic heterocycles. The van der Waals surface area contributed by atoms with Crippen LogP contribution in [-0.2, 0) is 11.2 Å². The van der Waals surface area contributed by atoms with Crippen LogP contribution in [-0.4, -0.2) is 32.6 Å². The largest absolute Gasteiger partial charge is 0.354 e. The van der Waals surface area contributed by atoms with Gasteiger partial charge in [0.05, 0.1) is 34.1 Å². The van der Waals surface area contributed by atoms with E-state index in [0.29, 0.717) is 28.7 Å². The second-order valence-electron chi connectivity index (χ2n) is 8.50. The van der Waals surface area contributed by atoms with Crippen LogP contribution < -0.4 is 10.6 Å². The number of hydrogen-bond donors (Lipinski definition) is 2. The first-order chi connectivity index (χ1) is 15.8. The van der Waals surface area contributed by atoms with E-state index in [1.54, 1.807) is 17.5 Å². The highest BCUT2D eigenvalue weighted by atomic mass is 32.1. The zero-order valence-corrected chi connectivity index (χ0v) is 19.9. The van der Waals surface area contributed by atoms with Crippen LogP contribution in [0.25, 0.3) is 21.6 Å². The smallest absolute Gasteiger partial charge is 0.256 e. The Morgan fingerprint density at radius 3 is 2.48 bits per heavy atom. The zero-order valence-electron chi connectivity index (χ0n) is 19.1. The monoisotopic (exact) mass is 461 g/mol. The van der Waals surface area contributed by atoms with Crippen LogP contribution in [0.15, 0.2) is 54.0 Å². The van der Waals surface area contributed by atoms with Crippen LogP contribution >= 0.6 is 11.3 Å². The first kappa shape index (κ1) is 22.7. The predicted molar refractivity (Wildman–Crippen MR) is 133 cm³/mol. The second kappa shape index (κ2) is 9.54. The number of hydrogen-bond acceptors (Lipinski definition) is 5. The fourth-order valence-corrected chi connectivity index (χ4v) is 4.28. The maximum Gasteiger partial charge on any atom is 0.256 e. The minimum absolute atomic E-state index is 0.0239. The fourth-order valence-electron chi connectivity index (χ4n) is 3.60. The number of nitrogens with zero attached hydrogens (tertiary/aromatic N) is 3. The van der Waals surface area contributed by atoms with E-state index in [1.807, 2.05) is 80.2 Å². The molecule has 0 atom stereocenters. The molecule has 0 saturated carbocycles. The van der Waals surface area contributed by atoms with E-state index in [4.69, 9.17) is 4.98 Å². The van der Waals surface area contributed by atoms with E-state index < -0.39 is 0 Å². The first-order valence-corrected chi connectivity index (χ1v) is 11.8. The number of nitrogens with one attached hydrogen (secondary N) is 2. The molecule has 0 saturated heterocycles. The number of anilines is 1. The Labute approximate surface area is 196 Å². The van der Waals surface area contributed by atoms with Crippen molar-refractivity contribution in [2.24, 2.45) is 0 Å². The molecule has 0 bridgehead atoms. The van der Waals surface area contributed by atoms with Gasteiger partial charge in [-0.3, -0.25) is 9.59 Å². The lowest BCUT2D eigenvalue weighted by Crippen LogP contribution is -2.31.